The molecule has 0 radical (unpaired) electrons. The molecule has 0 aromatic heterocycles. The van der Waals surface area contributed by atoms with Gasteiger partial charge in [-0.15, -0.1) is 0 Å². The van der Waals surface area contributed by atoms with Crippen LogP contribution in [-0.2, 0) is 14.3 Å². The van der Waals surface area contributed by atoms with E-state index in [2.05, 4.69) is 0 Å². The molecule has 0 atom stereocenters. The number of ether oxygens (including phenoxy) is 1. The highest BCUT2D eigenvalue weighted by Crippen LogP contribution is 2.04. The highest BCUT2D eigenvalue weighted by Gasteiger charge is 2.03. The normalized spacial score (nSPS) is 13.9. The Morgan fingerprint density at radius 3 is 2.11 bits per heavy atom. The maximum absolute atomic E-state index is 11.4. The molecule has 0 aliphatic rings. The molecule has 0 heterocycles. The molecular formula is C15H20O3. The Morgan fingerprint density at radius 2 is 1.61 bits per heavy atom. The summed E-state index contributed by atoms with van der Waals surface area (Å²) in [4.78, 5) is 21.7. The number of aldehydes is 1. The molecule has 18 heavy (non-hydrogen) atoms. The van der Waals surface area contributed by atoms with Gasteiger partial charge in [-0.1, -0.05) is 29.9 Å². The second-order valence-corrected chi connectivity index (χ2v) is 3.87. The zero-order valence-electron chi connectivity index (χ0n) is 11.4. The minimum atomic E-state index is -0.300. The highest BCUT2D eigenvalue weighted by atomic mass is 16.5. The number of hydrogen-bond acceptors (Lipinski definition) is 3. The second-order valence-electron chi connectivity index (χ2n) is 3.87. The van der Waals surface area contributed by atoms with Gasteiger partial charge in [-0.05, 0) is 39.3 Å². The first-order chi connectivity index (χ1) is 8.51. The van der Waals surface area contributed by atoms with E-state index in [9.17, 15) is 9.59 Å². The van der Waals surface area contributed by atoms with E-state index >= 15 is 0 Å². The zero-order valence-corrected chi connectivity index (χ0v) is 11.4. The van der Waals surface area contributed by atoms with Crippen molar-refractivity contribution in [3.63, 3.8) is 0 Å². The zero-order chi connectivity index (χ0) is 14.0. The topological polar surface area (TPSA) is 43.4 Å². The monoisotopic (exact) mass is 248 g/mol. The fraction of sp³-hybridized carbons (Fsp3) is 0.333. The van der Waals surface area contributed by atoms with Crippen LogP contribution in [0.2, 0.25) is 0 Å². The van der Waals surface area contributed by atoms with Crippen LogP contribution in [0.3, 0.4) is 0 Å². The molecule has 0 aromatic carbocycles. The van der Waals surface area contributed by atoms with Gasteiger partial charge in [0.05, 0.1) is 6.61 Å². The van der Waals surface area contributed by atoms with Crippen LogP contribution >= 0.6 is 0 Å². The van der Waals surface area contributed by atoms with E-state index in [1.165, 1.54) is 0 Å². The number of carbonyl (C=O) groups is 2. The lowest BCUT2D eigenvalue weighted by Gasteiger charge is -2.00. The lowest BCUT2D eigenvalue weighted by Crippen LogP contribution is -2.04. The third kappa shape index (κ3) is 7.39. The Kier molecular flexibility index (Phi) is 8.20. The largest absolute Gasteiger partial charge is 0.463 e. The quantitative estimate of drug-likeness (QED) is 0.314. The number of allylic oxidation sites excluding steroid dienone is 7. The van der Waals surface area contributed by atoms with E-state index < -0.39 is 0 Å². The SMILES string of the molecule is CCOC(=O)/C(C)=C/C(C)=C/C=C/C=C(\C)C=O. The third-order valence-electron chi connectivity index (χ3n) is 2.06. The molecule has 0 rings (SSSR count). The van der Waals surface area contributed by atoms with E-state index in [4.69, 9.17) is 4.74 Å². The van der Waals surface area contributed by atoms with Crippen LogP contribution < -0.4 is 0 Å². The van der Waals surface area contributed by atoms with Crippen molar-refractivity contribution in [2.75, 3.05) is 6.61 Å². The maximum atomic E-state index is 11.4. The van der Waals surface area contributed by atoms with Crippen molar-refractivity contribution in [3.8, 4) is 0 Å². The number of rotatable bonds is 6. The lowest BCUT2D eigenvalue weighted by molar-refractivity contribution is -0.138. The molecule has 0 aliphatic heterocycles. The molecule has 98 valence electrons. The molecular weight excluding hydrogens is 228 g/mol. The van der Waals surface area contributed by atoms with Crippen molar-refractivity contribution >= 4 is 12.3 Å². The van der Waals surface area contributed by atoms with E-state index in [-0.39, 0.29) is 5.97 Å². The molecule has 0 amide bonds. The summed E-state index contributed by atoms with van der Waals surface area (Å²) in [5.74, 6) is -0.300. The van der Waals surface area contributed by atoms with Crippen LogP contribution in [0.1, 0.15) is 27.7 Å². The summed E-state index contributed by atoms with van der Waals surface area (Å²) in [5, 5.41) is 0. The third-order valence-corrected chi connectivity index (χ3v) is 2.06. The van der Waals surface area contributed by atoms with E-state index in [0.29, 0.717) is 17.8 Å². The molecule has 0 fully saturated rings. The molecule has 0 aromatic rings. The summed E-state index contributed by atoms with van der Waals surface area (Å²) < 4.78 is 4.88. The van der Waals surface area contributed by atoms with Gasteiger partial charge < -0.3 is 4.74 Å². The molecule has 3 heteroatoms. The Hall–Kier alpha value is -1.90. The minimum absolute atomic E-state index is 0.300. The number of esters is 1. The van der Waals surface area contributed by atoms with Gasteiger partial charge in [0.2, 0.25) is 0 Å². The van der Waals surface area contributed by atoms with Gasteiger partial charge >= 0.3 is 5.97 Å². The van der Waals surface area contributed by atoms with E-state index in [0.717, 1.165) is 11.9 Å². The van der Waals surface area contributed by atoms with Gasteiger partial charge in [0.1, 0.15) is 6.29 Å². The Labute approximate surface area is 109 Å². The van der Waals surface area contributed by atoms with Crippen LogP contribution in [-0.4, -0.2) is 18.9 Å². The average Bonchev–Trinajstić information content (AvgIpc) is 2.34. The van der Waals surface area contributed by atoms with Gasteiger partial charge in [-0.3, -0.25) is 4.79 Å². The number of hydrogen-bond donors (Lipinski definition) is 0. The predicted octanol–water partition coefficient (Wildman–Crippen LogP) is 3.14. The van der Waals surface area contributed by atoms with Gasteiger partial charge in [0.25, 0.3) is 0 Å². The van der Waals surface area contributed by atoms with Crippen molar-refractivity contribution < 1.29 is 14.3 Å². The van der Waals surface area contributed by atoms with Gasteiger partial charge in [-0.25, -0.2) is 4.79 Å². The standard InChI is InChI=1S/C15H20O3/c1-5-18-15(17)14(4)10-12(2)8-6-7-9-13(3)11-16/h6-11H,5H2,1-4H3/b7-6+,12-8+,13-9+,14-10+. The fourth-order valence-electron chi connectivity index (χ4n) is 1.15. The second kappa shape index (κ2) is 9.16. The first-order valence-electron chi connectivity index (χ1n) is 5.83. The van der Waals surface area contributed by atoms with Crippen LogP contribution in [0.15, 0.2) is 47.1 Å². The van der Waals surface area contributed by atoms with Crippen LogP contribution in [0.5, 0.6) is 0 Å². The molecule has 0 spiro atoms. The van der Waals surface area contributed by atoms with Crippen molar-refractivity contribution in [1.29, 1.82) is 0 Å². The summed E-state index contributed by atoms with van der Waals surface area (Å²) in [6, 6.07) is 0. The highest BCUT2D eigenvalue weighted by molar-refractivity contribution is 5.88. The summed E-state index contributed by atoms with van der Waals surface area (Å²) in [7, 11) is 0. The van der Waals surface area contributed by atoms with Gasteiger partial charge in [-0.2, -0.15) is 0 Å². The molecule has 0 saturated heterocycles. The van der Waals surface area contributed by atoms with Crippen molar-refractivity contribution in [3.05, 3.63) is 47.1 Å². The Morgan fingerprint density at radius 1 is 1.06 bits per heavy atom. The van der Waals surface area contributed by atoms with Gasteiger partial charge in [0, 0.05) is 5.57 Å². The molecule has 0 aliphatic carbocycles. The molecule has 0 N–H and O–H groups in total. The first kappa shape index (κ1) is 16.1. The van der Waals surface area contributed by atoms with Crippen LogP contribution in [0, 0.1) is 0 Å². The van der Waals surface area contributed by atoms with E-state index in [1.807, 2.05) is 19.1 Å². The average molecular weight is 248 g/mol. The van der Waals surface area contributed by atoms with Crippen LogP contribution in [0.25, 0.3) is 0 Å². The summed E-state index contributed by atoms with van der Waals surface area (Å²) in [6.07, 6.45) is 9.73. The summed E-state index contributed by atoms with van der Waals surface area (Å²) >= 11 is 0. The van der Waals surface area contributed by atoms with Crippen LogP contribution in [0.4, 0.5) is 0 Å². The smallest absolute Gasteiger partial charge is 0.333 e. The molecule has 0 bridgehead atoms. The van der Waals surface area contributed by atoms with E-state index in [1.54, 1.807) is 39.0 Å². The minimum Gasteiger partial charge on any atom is -0.463 e. The first-order valence-corrected chi connectivity index (χ1v) is 5.83. The lowest BCUT2D eigenvalue weighted by atomic mass is 10.2. The fourth-order valence-corrected chi connectivity index (χ4v) is 1.15. The Bertz CT molecular complexity index is 409. The Balaban J connectivity index is 4.56. The van der Waals surface area contributed by atoms with Crippen molar-refractivity contribution in [1.82, 2.24) is 0 Å². The molecule has 3 nitrogen and oxygen atoms in total. The summed E-state index contributed by atoms with van der Waals surface area (Å²) in [6.45, 7) is 7.50. The summed E-state index contributed by atoms with van der Waals surface area (Å²) in [5.41, 5.74) is 2.17. The molecule has 0 saturated carbocycles. The van der Waals surface area contributed by atoms with Crippen molar-refractivity contribution in [2.24, 2.45) is 0 Å². The maximum Gasteiger partial charge on any atom is 0.333 e. The van der Waals surface area contributed by atoms with Gasteiger partial charge in [0.15, 0.2) is 0 Å². The van der Waals surface area contributed by atoms with Crippen molar-refractivity contribution in [2.45, 2.75) is 27.7 Å². The molecule has 0 unspecified atom stereocenters. The predicted molar refractivity (Wildman–Crippen MR) is 73.1 cm³/mol. The number of carbonyl (C=O) groups excluding carboxylic acids is 2.